The van der Waals surface area contributed by atoms with E-state index in [0.29, 0.717) is 18.7 Å². The molecule has 1 unspecified atom stereocenters. The van der Waals surface area contributed by atoms with Gasteiger partial charge in [-0.05, 0) is 54.7 Å². The van der Waals surface area contributed by atoms with E-state index in [1.54, 1.807) is 23.1 Å². The zero-order valence-electron chi connectivity index (χ0n) is 15.2. The number of carbonyl (C=O) groups is 1. The van der Waals surface area contributed by atoms with Crippen LogP contribution in [0.1, 0.15) is 62.5 Å². The number of hydrogen-bond donors (Lipinski definition) is 0. The van der Waals surface area contributed by atoms with Gasteiger partial charge < -0.3 is 4.90 Å². The Labute approximate surface area is 153 Å². The molecule has 26 heavy (non-hydrogen) atoms. The normalized spacial score (nSPS) is 16.9. The highest BCUT2D eigenvalue weighted by atomic mass is 19.1. The molecule has 2 aromatic carbocycles. The van der Waals surface area contributed by atoms with E-state index in [1.165, 1.54) is 24.3 Å². The van der Waals surface area contributed by atoms with Crippen molar-refractivity contribution in [2.45, 2.75) is 51.4 Å². The van der Waals surface area contributed by atoms with Crippen molar-refractivity contribution in [1.29, 1.82) is 0 Å². The van der Waals surface area contributed by atoms with E-state index in [-0.39, 0.29) is 23.5 Å². The van der Waals surface area contributed by atoms with Crippen LogP contribution >= 0.6 is 0 Å². The summed E-state index contributed by atoms with van der Waals surface area (Å²) in [6.07, 6.45) is 5.11. The Morgan fingerprint density at radius 2 is 1.81 bits per heavy atom. The standard InChI is InChI=1S/C22H25F2NO/c1-2-3-4-7-22(26)25-14-5-6-19(16-8-10-17(23)11-9-16)20-13-12-18(24)15-21(20)25/h8-13,15,19H,2-7,14H2,1H3. The third-order valence-corrected chi connectivity index (χ3v) is 5.10. The lowest BCUT2D eigenvalue weighted by Crippen LogP contribution is -2.31. The van der Waals surface area contributed by atoms with Gasteiger partial charge in [-0.3, -0.25) is 4.79 Å². The van der Waals surface area contributed by atoms with Crippen molar-refractivity contribution in [2.24, 2.45) is 0 Å². The van der Waals surface area contributed by atoms with Crippen molar-refractivity contribution >= 4 is 11.6 Å². The molecule has 0 bridgehead atoms. The van der Waals surface area contributed by atoms with Crippen LogP contribution in [0, 0.1) is 11.6 Å². The summed E-state index contributed by atoms with van der Waals surface area (Å²) in [6, 6.07) is 11.2. The number of anilines is 1. The van der Waals surface area contributed by atoms with Crippen LogP contribution in [0.15, 0.2) is 42.5 Å². The molecule has 0 saturated carbocycles. The Bertz CT molecular complexity index is 757. The van der Waals surface area contributed by atoms with Crippen molar-refractivity contribution in [3.05, 3.63) is 65.2 Å². The predicted molar refractivity (Wildman–Crippen MR) is 100 cm³/mol. The average molecular weight is 357 g/mol. The highest BCUT2D eigenvalue weighted by Gasteiger charge is 2.27. The molecule has 0 saturated heterocycles. The summed E-state index contributed by atoms with van der Waals surface area (Å²) in [5.74, 6) is -0.506. The van der Waals surface area contributed by atoms with Gasteiger partial charge in [0.25, 0.3) is 0 Å². The Kier molecular flexibility index (Phi) is 6.02. The Morgan fingerprint density at radius 3 is 2.54 bits per heavy atom. The minimum absolute atomic E-state index is 0.0413. The van der Waals surface area contributed by atoms with E-state index < -0.39 is 0 Å². The molecular weight excluding hydrogens is 332 g/mol. The van der Waals surface area contributed by atoms with Crippen LogP contribution in [0.4, 0.5) is 14.5 Å². The summed E-state index contributed by atoms with van der Waals surface area (Å²) in [4.78, 5) is 14.5. The first-order chi connectivity index (χ1) is 12.6. The summed E-state index contributed by atoms with van der Waals surface area (Å²) in [5.41, 5.74) is 2.61. The summed E-state index contributed by atoms with van der Waals surface area (Å²) < 4.78 is 27.3. The first kappa shape index (κ1) is 18.6. The number of benzene rings is 2. The number of hydrogen-bond acceptors (Lipinski definition) is 1. The number of unbranched alkanes of at least 4 members (excludes halogenated alkanes) is 2. The summed E-state index contributed by atoms with van der Waals surface area (Å²) in [5, 5.41) is 0. The second-order valence-corrected chi connectivity index (χ2v) is 6.95. The van der Waals surface area contributed by atoms with Gasteiger partial charge >= 0.3 is 0 Å². The van der Waals surface area contributed by atoms with E-state index in [0.717, 1.165) is 43.2 Å². The second kappa shape index (κ2) is 8.43. The van der Waals surface area contributed by atoms with Gasteiger partial charge in [0.2, 0.25) is 5.91 Å². The lowest BCUT2D eigenvalue weighted by atomic mass is 9.87. The smallest absolute Gasteiger partial charge is 0.226 e. The van der Waals surface area contributed by atoms with Gasteiger partial charge in [-0.2, -0.15) is 0 Å². The molecule has 1 amide bonds. The minimum Gasteiger partial charge on any atom is -0.312 e. The molecule has 0 fully saturated rings. The maximum absolute atomic E-state index is 14.0. The van der Waals surface area contributed by atoms with E-state index in [2.05, 4.69) is 6.92 Å². The van der Waals surface area contributed by atoms with Crippen LogP contribution in [-0.2, 0) is 4.79 Å². The molecule has 1 aliphatic heterocycles. The average Bonchev–Trinajstić information content (AvgIpc) is 2.82. The third kappa shape index (κ3) is 4.12. The van der Waals surface area contributed by atoms with Gasteiger partial charge in [-0.25, -0.2) is 8.78 Å². The molecule has 0 aliphatic carbocycles. The van der Waals surface area contributed by atoms with Crippen LogP contribution in [-0.4, -0.2) is 12.5 Å². The van der Waals surface area contributed by atoms with Gasteiger partial charge in [0.05, 0.1) is 5.69 Å². The van der Waals surface area contributed by atoms with Crippen molar-refractivity contribution in [1.82, 2.24) is 0 Å². The van der Waals surface area contributed by atoms with Crippen molar-refractivity contribution < 1.29 is 13.6 Å². The van der Waals surface area contributed by atoms with E-state index >= 15 is 0 Å². The number of nitrogens with zero attached hydrogens (tertiary/aromatic N) is 1. The van der Waals surface area contributed by atoms with Crippen molar-refractivity contribution in [2.75, 3.05) is 11.4 Å². The Morgan fingerprint density at radius 1 is 1.08 bits per heavy atom. The topological polar surface area (TPSA) is 20.3 Å². The zero-order valence-corrected chi connectivity index (χ0v) is 15.2. The molecule has 4 heteroatoms. The molecule has 3 rings (SSSR count). The molecular formula is C22H25F2NO. The van der Waals surface area contributed by atoms with Gasteiger partial charge in [-0.1, -0.05) is 38.0 Å². The summed E-state index contributed by atoms with van der Waals surface area (Å²) in [6.45, 7) is 2.70. The lowest BCUT2D eigenvalue weighted by Gasteiger charge is -2.24. The molecule has 2 nitrogen and oxygen atoms in total. The zero-order chi connectivity index (χ0) is 18.5. The van der Waals surface area contributed by atoms with E-state index in [9.17, 15) is 13.6 Å². The largest absolute Gasteiger partial charge is 0.312 e. The molecule has 2 aromatic rings. The van der Waals surface area contributed by atoms with Gasteiger partial charge in [0.15, 0.2) is 0 Å². The molecule has 0 radical (unpaired) electrons. The Balaban J connectivity index is 1.95. The van der Waals surface area contributed by atoms with Crippen LogP contribution in [0.5, 0.6) is 0 Å². The first-order valence-corrected chi connectivity index (χ1v) is 9.45. The number of carbonyl (C=O) groups excluding carboxylic acids is 1. The molecule has 1 aliphatic rings. The van der Waals surface area contributed by atoms with E-state index in [4.69, 9.17) is 0 Å². The van der Waals surface area contributed by atoms with Gasteiger partial charge in [-0.15, -0.1) is 0 Å². The quantitative estimate of drug-likeness (QED) is 0.619. The van der Waals surface area contributed by atoms with Crippen molar-refractivity contribution in [3.63, 3.8) is 0 Å². The fourth-order valence-electron chi connectivity index (χ4n) is 3.74. The summed E-state index contributed by atoms with van der Waals surface area (Å²) in [7, 11) is 0. The molecule has 138 valence electrons. The first-order valence-electron chi connectivity index (χ1n) is 9.45. The summed E-state index contributed by atoms with van der Waals surface area (Å²) >= 11 is 0. The maximum atomic E-state index is 14.0. The maximum Gasteiger partial charge on any atom is 0.226 e. The SMILES string of the molecule is CCCCCC(=O)N1CCCC(c2ccc(F)cc2)c2ccc(F)cc21. The van der Waals surface area contributed by atoms with Crippen LogP contribution in [0.2, 0.25) is 0 Å². The lowest BCUT2D eigenvalue weighted by molar-refractivity contribution is -0.118. The highest BCUT2D eigenvalue weighted by Crippen LogP contribution is 2.39. The molecule has 0 N–H and O–H groups in total. The van der Waals surface area contributed by atoms with Crippen molar-refractivity contribution in [3.8, 4) is 0 Å². The molecule has 0 spiro atoms. The van der Waals surface area contributed by atoms with Crippen LogP contribution in [0.25, 0.3) is 0 Å². The number of fused-ring (bicyclic) bond motifs is 1. The van der Waals surface area contributed by atoms with Crippen LogP contribution in [0.3, 0.4) is 0 Å². The third-order valence-electron chi connectivity index (χ3n) is 5.10. The second-order valence-electron chi connectivity index (χ2n) is 6.95. The number of amides is 1. The molecule has 1 atom stereocenters. The van der Waals surface area contributed by atoms with Gasteiger partial charge in [0.1, 0.15) is 11.6 Å². The molecule has 1 heterocycles. The highest BCUT2D eigenvalue weighted by molar-refractivity contribution is 5.94. The monoisotopic (exact) mass is 357 g/mol. The fraction of sp³-hybridized carbons (Fsp3) is 0.409. The van der Waals surface area contributed by atoms with Crippen LogP contribution < -0.4 is 4.90 Å². The minimum atomic E-state index is -0.338. The number of rotatable bonds is 5. The number of halogens is 2. The predicted octanol–water partition coefficient (Wildman–Crippen LogP) is 5.80. The van der Waals surface area contributed by atoms with Gasteiger partial charge in [0, 0.05) is 18.9 Å². The molecule has 0 aromatic heterocycles. The fourth-order valence-corrected chi connectivity index (χ4v) is 3.74. The van der Waals surface area contributed by atoms with E-state index in [1.807, 2.05) is 0 Å². The Hall–Kier alpha value is -2.23.